The molecule has 0 bridgehead atoms. The first-order valence-electron chi connectivity index (χ1n) is 5.46. The van der Waals surface area contributed by atoms with Crippen molar-refractivity contribution in [3.05, 3.63) is 53.0 Å². The predicted octanol–water partition coefficient (Wildman–Crippen LogP) is 2.34. The van der Waals surface area contributed by atoms with Crippen molar-refractivity contribution < 1.29 is 18.7 Å². The van der Waals surface area contributed by atoms with Gasteiger partial charge in [-0.1, -0.05) is 12.1 Å². The van der Waals surface area contributed by atoms with Gasteiger partial charge in [0.25, 0.3) is 0 Å². The first-order chi connectivity index (χ1) is 8.54. The highest BCUT2D eigenvalue weighted by atomic mass is 19.1. The predicted molar refractivity (Wildman–Crippen MR) is 61.8 cm³/mol. The van der Waals surface area contributed by atoms with Gasteiger partial charge in [0.1, 0.15) is 11.6 Å². The van der Waals surface area contributed by atoms with E-state index >= 15 is 0 Å². The number of benzene rings is 1. The molecule has 0 saturated carbocycles. The zero-order valence-corrected chi connectivity index (χ0v) is 9.81. The van der Waals surface area contributed by atoms with Crippen LogP contribution in [-0.4, -0.2) is 16.1 Å². The van der Waals surface area contributed by atoms with Crippen LogP contribution in [0, 0.1) is 12.7 Å². The molecule has 0 radical (unpaired) electrons. The van der Waals surface area contributed by atoms with E-state index in [1.807, 2.05) is 0 Å². The van der Waals surface area contributed by atoms with Crippen molar-refractivity contribution in [1.82, 2.24) is 4.98 Å². The molecule has 0 unspecified atom stereocenters. The van der Waals surface area contributed by atoms with Crippen molar-refractivity contribution >= 4 is 5.97 Å². The number of aryl methyl sites for hydroxylation is 1. The molecule has 2 rings (SSSR count). The Morgan fingerprint density at radius 2 is 2.06 bits per heavy atom. The summed E-state index contributed by atoms with van der Waals surface area (Å²) in [6, 6.07) is 6.02. The molecule has 0 fully saturated rings. The van der Waals surface area contributed by atoms with Crippen LogP contribution in [0.4, 0.5) is 4.39 Å². The Bertz CT molecular complexity index is 560. The highest BCUT2D eigenvalue weighted by Crippen LogP contribution is 2.15. The van der Waals surface area contributed by atoms with Crippen molar-refractivity contribution in [2.75, 3.05) is 0 Å². The lowest BCUT2D eigenvalue weighted by atomic mass is 10.1. The van der Waals surface area contributed by atoms with Crippen molar-refractivity contribution in [1.29, 1.82) is 0 Å². The molecule has 0 spiro atoms. The number of aliphatic carboxylic acids is 1. The maximum atomic E-state index is 12.7. The molecule has 5 heteroatoms. The summed E-state index contributed by atoms with van der Waals surface area (Å²) in [6.07, 6.45) is 0.263. The summed E-state index contributed by atoms with van der Waals surface area (Å²) in [7, 11) is 0. The van der Waals surface area contributed by atoms with Gasteiger partial charge < -0.3 is 9.52 Å². The van der Waals surface area contributed by atoms with Gasteiger partial charge in [-0.2, -0.15) is 0 Å². The zero-order valence-electron chi connectivity index (χ0n) is 9.81. The SMILES string of the molecule is Cc1oc(Cc2ccc(F)cc2)nc1CC(=O)O. The number of nitrogens with zero attached hydrogens (tertiary/aromatic N) is 1. The lowest BCUT2D eigenvalue weighted by Gasteiger charge is -1.96. The van der Waals surface area contributed by atoms with Crippen LogP contribution in [-0.2, 0) is 17.6 Å². The van der Waals surface area contributed by atoms with Gasteiger partial charge in [0.15, 0.2) is 5.89 Å². The lowest BCUT2D eigenvalue weighted by molar-refractivity contribution is -0.136. The van der Waals surface area contributed by atoms with Crippen LogP contribution >= 0.6 is 0 Å². The molecule has 4 nitrogen and oxygen atoms in total. The van der Waals surface area contributed by atoms with Gasteiger partial charge in [0.05, 0.1) is 12.1 Å². The number of carboxylic acids is 1. The standard InChI is InChI=1S/C13H12FNO3/c1-8-11(7-13(16)17)15-12(18-8)6-9-2-4-10(14)5-3-9/h2-5H,6-7H2,1H3,(H,16,17). The number of oxazole rings is 1. The van der Waals surface area contributed by atoms with Crippen LogP contribution in [0.5, 0.6) is 0 Å². The summed E-state index contributed by atoms with van der Waals surface area (Å²) in [6.45, 7) is 1.68. The number of rotatable bonds is 4. The molecule has 94 valence electrons. The second-order valence-electron chi connectivity index (χ2n) is 3.98. The van der Waals surface area contributed by atoms with E-state index in [1.54, 1.807) is 19.1 Å². The lowest BCUT2D eigenvalue weighted by Crippen LogP contribution is -2.01. The van der Waals surface area contributed by atoms with E-state index in [0.29, 0.717) is 23.8 Å². The second-order valence-corrected chi connectivity index (χ2v) is 3.98. The molecule has 1 aromatic carbocycles. The molecule has 1 aromatic heterocycles. The number of carbonyl (C=O) groups is 1. The highest BCUT2D eigenvalue weighted by Gasteiger charge is 2.12. The Morgan fingerprint density at radius 1 is 1.39 bits per heavy atom. The molecule has 1 N–H and O–H groups in total. The van der Waals surface area contributed by atoms with Gasteiger partial charge in [-0.05, 0) is 24.6 Å². The number of aromatic nitrogens is 1. The van der Waals surface area contributed by atoms with Crippen LogP contribution in [0.3, 0.4) is 0 Å². The quantitative estimate of drug-likeness (QED) is 0.903. The molecule has 2 aromatic rings. The van der Waals surface area contributed by atoms with Gasteiger partial charge in [-0.25, -0.2) is 9.37 Å². The van der Waals surface area contributed by atoms with Gasteiger partial charge in [0.2, 0.25) is 0 Å². The maximum absolute atomic E-state index is 12.7. The first kappa shape index (κ1) is 12.3. The number of halogens is 1. The van der Waals surface area contributed by atoms with E-state index in [4.69, 9.17) is 9.52 Å². The molecule has 0 aliphatic rings. The fraction of sp³-hybridized carbons (Fsp3) is 0.231. The van der Waals surface area contributed by atoms with E-state index in [0.717, 1.165) is 5.56 Å². The summed E-state index contributed by atoms with van der Waals surface area (Å²) < 4.78 is 18.1. The van der Waals surface area contributed by atoms with Crippen LogP contribution in [0.2, 0.25) is 0 Å². The Morgan fingerprint density at radius 3 is 2.67 bits per heavy atom. The smallest absolute Gasteiger partial charge is 0.309 e. The molecule has 1 heterocycles. The number of hydrogen-bond donors (Lipinski definition) is 1. The summed E-state index contributed by atoms with van der Waals surface area (Å²) in [5.41, 5.74) is 1.29. The van der Waals surface area contributed by atoms with Crippen LogP contribution in [0.25, 0.3) is 0 Å². The molecule has 0 amide bonds. The minimum Gasteiger partial charge on any atom is -0.481 e. The van der Waals surface area contributed by atoms with Gasteiger partial charge in [-0.3, -0.25) is 4.79 Å². The average molecular weight is 249 g/mol. The normalized spacial score (nSPS) is 10.6. The Kier molecular flexibility index (Phi) is 3.41. The molecule has 0 saturated heterocycles. The highest BCUT2D eigenvalue weighted by molar-refractivity contribution is 5.69. The Hall–Kier alpha value is -2.17. The molecule has 0 aliphatic heterocycles. The topological polar surface area (TPSA) is 63.3 Å². The van der Waals surface area contributed by atoms with Crippen LogP contribution in [0.15, 0.2) is 28.7 Å². The summed E-state index contributed by atoms with van der Waals surface area (Å²) in [5.74, 6) is -0.293. The molecule has 18 heavy (non-hydrogen) atoms. The first-order valence-corrected chi connectivity index (χ1v) is 5.46. The fourth-order valence-electron chi connectivity index (χ4n) is 1.65. The number of carboxylic acid groups (broad SMARTS) is 1. The Labute approximate surface area is 103 Å². The van der Waals surface area contributed by atoms with Gasteiger partial charge in [0, 0.05) is 6.42 Å². The van der Waals surface area contributed by atoms with Crippen molar-refractivity contribution in [3.8, 4) is 0 Å². The van der Waals surface area contributed by atoms with E-state index in [-0.39, 0.29) is 12.2 Å². The third-order valence-electron chi connectivity index (χ3n) is 2.52. The minimum atomic E-state index is -0.945. The number of hydrogen-bond acceptors (Lipinski definition) is 3. The van der Waals surface area contributed by atoms with Crippen molar-refractivity contribution in [3.63, 3.8) is 0 Å². The minimum absolute atomic E-state index is 0.154. The second kappa shape index (κ2) is 5.00. The Balaban J connectivity index is 2.14. The van der Waals surface area contributed by atoms with E-state index < -0.39 is 5.97 Å². The molecular formula is C13H12FNO3. The fourth-order valence-corrected chi connectivity index (χ4v) is 1.65. The molecule has 0 aliphatic carbocycles. The monoisotopic (exact) mass is 249 g/mol. The summed E-state index contributed by atoms with van der Waals surface area (Å²) in [5, 5.41) is 8.70. The average Bonchev–Trinajstić information content (AvgIpc) is 2.62. The third kappa shape index (κ3) is 2.94. The van der Waals surface area contributed by atoms with Gasteiger partial charge in [-0.15, -0.1) is 0 Å². The zero-order chi connectivity index (χ0) is 13.1. The van der Waals surface area contributed by atoms with Crippen molar-refractivity contribution in [2.45, 2.75) is 19.8 Å². The summed E-state index contributed by atoms with van der Waals surface area (Å²) >= 11 is 0. The molecular weight excluding hydrogens is 237 g/mol. The van der Waals surface area contributed by atoms with E-state index in [2.05, 4.69) is 4.98 Å². The largest absolute Gasteiger partial charge is 0.481 e. The molecule has 0 atom stereocenters. The van der Waals surface area contributed by atoms with Crippen molar-refractivity contribution in [2.24, 2.45) is 0 Å². The van der Waals surface area contributed by atoms with E-state index in [1.165, 1.54) is 12.1 Å². The maximum Gasteiger partial charge on any atom is 0.309 e. The van der Waals surface area contributed by atoms with Gasteiger partial charge >= 0.3 is 5.97 Å². The van der Waals surface area contributed by atoms with Crippen LogP contribution in [0.1, 0.15) is 22.9 Å². The van der Waals surface area contributed by atoms with Crippen LogP contribution < -0.4 is 0 Å². The third-order valence-corrected chi connectivity index (χ3v) is 2.52. The van der Waals surface area contributed by atoms with E-state index in [9.17, 15) is 9.18 Å². The summed E-state index contributed by atoms with van der Waals surface area (Å²) in [4.78, 5) is 14.7.